The lowest BCUT2D eigenvalue weighted by molar-refractivity contribution is -0.136. The number of esters is 1. The molecular formula is C48H54N8O8. The Balaban J connectivity index is 0.944. The lowest BCUT2D eigenvalue weighted by Crippen LogP contribution is -2.52. The molecule has 8 rings (SSSR count). The van der Waals surface area contributed by atoms with Crippen molar-refractivity contribution in [3.05, 3.63) is 114 Å². The Morgan fingerprint density at radius 1 is 0.719 bits per heavy atom. The number of allylic oxidation sites excluding steroid dienone is 2. The van der Waals surface area contributed by atoms with Gasteiger partial charge in [-0.15, -0.1) is 0 Å². The minimum absolute atomic E-state index is 0.0705. The van der Waals surface area contributed by atoms with E-state index in [4.69, 9.17) is 24.2 Å². The number of hydrogen-bond acceptors (Lipinski definition) is 11. The van der Waals surface area contributed by atoms with Gasteiger partial charge >= 0.3 is 18.2 Å². The fraction of sp³-hybridized carbons (Fsp3) is 0.396. The fourth-order valence-electron chi connectivity index (χ4n) is 9.36. The molecule has 1 aliphatic carbocycles. The number of aromatic amines is 1. The monoisotopic (exact) mass is 870 g/mol. The predicted octanol–water partition coefficient (Wildman–Crippen LogP) is 6.41. The number of hydrogen-bond donors (Lipinski definition) is 4. The number of imidazole rings is 1. The number of likely N-dealkylation sites (tertiary alicyclic amines) is 2. The number of amidine groups is 1. The van der Waals surface area contributed by atoms with Gasteiger partial charge in [-0.05, 0) is 73.1 Å². The van der Waals surface area contributed by atoms with Gasteiger partial charge in [-0.25, -0.2) is 19.4 Å². The summed E-state index contributed by atoms with van der Waals surface area (Å²) in [6.07, 6.45) is 8.02. The van der Waals surface area contributed by atoms with Crippen molar-refractivity contribution < 1.29 is 38.2 Å². The molecule has 4 heterocycles. The van der Waals surface area contributed by atoms with Gasteiger partial charge in [0.2, 0.25) is 5.91 Å². The Morgan fingerprint density at radius 3 is 2.02 bits per heavy atom. The average molecular weight is 871 g/mol. The molecule has 2 fully saturated rings. The van der Waals surface area contributed by atoms with Gasteiger partial charge in [0.15, 0.2) is 5.69 Å². The first-order valence-corrected chi connectivity index (χ1v) is 21.9. The van der Waals surface area contributed by atoms with Crippen molar-refractivity contribution in [2.45, 2.75) is 75.2 Å². The lowest BCUT2D eigenvalue weighted by atomic mass is 9.87. The van der Waals surface area contributed by atoms with Crippen molar-refractivity contribution in [1.82, 2.24) is 35.7 Å². The van der Waals surface area contributed by atoms with E-state index in [9.17, 15) is 24.0 Å². The number of benzene rings is 3. The molecule has 16 nitrogen and oxygen atoms in total. The normalized spacial score (nSPS) is 21.3. The zero-order chi connectivity index (χ0) is 44.7. The average Bonchev–Trinajstić information content (AvgIpc) is 4.20. The zero-order valence-electron chi connectivity index (χ0n) is 36.3. The maximum atomic E-state index is 14.2. The number of aromatic nitrogens is 2. The van der Waals surface area contributed by atoms with E-state index in [0.717, 1.165) is 60.2 Å². The lowest BCUT2D eigenvalue weighted by Gasteiger charge is -2.33. The molecule has 3 aliphatic heterocycles. The number of ether oxygens (including phenoxy) is 3. The first-order chi connectivity index (χ1) is 31.2. The second-order valence-corrected chi connectivity index (χ2v) is 16.5. The number of methoxy groups -OCH3 is 3. The van der Waals surface area contributed by atoms with Gasteiger partial charge in [0.05, 0.1) is 51.7 Å². The second kappa shape index (κ2) is 19.6. The van der Waals surface area contributed by atoms with Crippen molar-refractivity contribution in [2.75, 3.05) is 41.0 Å². The van der Waals surface area contributed by atoms with E-state index in [-0.39, 0.29) is 35.5 Å². The molecule has 4 amide bonds. The highest BCUT2D eigenvalue weighted by atomic mass is 16.5. The predicted molar refractivity (Wildman–Crippen MR) is 238 cm³/mol. The topological polar surface area (TPSA) is 197 Å². The van der Waals surface area contributed by atoms with E-state index in [2.05, 4.69) is 51.3 Å². The molecule has 334 valence electrons. The van der Waals surface area contributed by atoms with E-state index < -0.39 is 36.3 Å². The van der Waals surface area contributed by atoms with Crippen molar-refractivity contribution in [2.24, 2.45) is 10.9 Å². The van der Waals surface area contributed by atoms with E-state index in [1.165, 1.54) is 21.3 Å². The summed E-state index contributed by atoms with van der Waals surface area (Å²) < 4.78 is 14.9. The van der Waals surface area contributed by atoms with Gasteiger partial charge in [-0.2, -0.15) is 0 Å². The molecule has 16 heteroatoms. The summed E-state index contributed by atoms with van der Waals surface area (Å²) in [4.78, 5) is 82.4. The molecule has 2 saturated heterocycles. The summed E-state index contributed by atoms with van der Waals surface area (Å²) in [6, 6.07) is 22.9. The summed E-state index contributed by atoms with van der Waals surface area (Å²) in [6.45, 7) is 1.56. The zero-order valence-corrected chi connectivity index (χ0v) is 36.3. The van der Waals surface area contributed by atoms with Gasteiger partial charge in [-0.1, -0.05) is 91.0 Å². The summed E-state index contributed by atoms with van der Waals surface area (Å²) >= 11 is 0. The molecule has 4 N–H and O–H groups in total. The van der Waals surface area contributed by atoms with Crippen LogP contribution in [0.2, 0.25) is 0 Å². The van der Waals surface area contributed by atoms with Gasteiger partial charge in [0.1, 0.15) is 23.7 Å². The van der Waals surface area contributed by atoms with Crippen LogP contribution in [0.3, 0.4) is 0 Å². The highest BCUT2D eigenvalue weighted by Crippen LogP contribution is 2.36. The first-order valence-electron chi connectivity index (χ1n) is 21.9. The summed E-state index contributed by atoms with van der Waals surface area (Å²) in [5, 5.41) is 9.09. The first kappa shape index (κ1) is 43.7. The highest BCUT2D eigenvalue weighted by Gasteiger charge is 2.41. The largest absolute Gasteiger partial charge is 0.464 e. The number of H-pyrrole nitrogens is 1. The molecule has 0 saturated carbocycles. The van der Waals surface area contributed by atoms with Crippen LogP contribution < -0.4 is 16.0 Å². The van der Waals surface area contributed by atoms with Crippen molar-refractivity contribution in [1.29, 1.82) is 0 Å². The van der Waals surface area contributed by atoms with E-state index in [1.54, 1.807) is 9.80 Å². The standard InChI is InChI=1S/C48H54N8O8/c1-62-46(59)41-38(51-43(52-41)37-17-11-27-56(37)45(58)40(54-48(61)64-3)33-14-8-5-9-15-33)34-24-20-30(21-25-34)29-18-22-31(23-19-29)35-28-49-42(50-35)36-16-10-26-55(36)44(57)39(53-47(60)63-2)32-12-6-4-7-13-32/h4-8,12-13,18-25,33,35-37,39-40H,9-11,14-17,26-28H2,1-3H3,(H,49,50)(H,51,52)(H,53,60)(H,54,61)/t33?,35?,36?,37-,39+,40+/m0/s1. The van der Waals surface area contributed by atoms with Crippen LogP contribution in [0.15, 0.2) is 96.0 Å². The molecule has 6 atom stereocenters. The van der Waals surface area contributed by atoms with Crippen molar-refractivity contribution >= 4 is 35.8 Å². The molecule has 3 unspecified atom stereocenters. The summed E-state index contributed by atoms with van der Waals surface area (Å²) in [5.41, 5.74) is 5.03. The smallest absolute Gasteiger partial charge is 0.407 e. The molecule has 0 radical (unpaired) electrons. The van der Waals surface area contributed by atoms with Crippen LogP contribution in [0.1, 0.15) is 90.5 Å². The molecule has 0 bridgehead atoms. The SMILES string of the molecule is COC(=O)N[C@@H](C(=O)N1CCCC1C1=NCC(c2ccc(-c3ccc(-c4[nH]c([C@@H]5CCCN5C(=O)[C@H](NC(=O)OC)C5CC=CCC5)nc4C(=O)OC)cc3)cc2)N1)c1ccccc1. The van der Waals surface area contributed by atoms with Gasteiger partial charge in [0, 0.05) is 18.7 Å². The minimum Gasteiger partial charge on any atom is -0.464 e. The van der Waals surface area contributed by atoms with E-state index in [1.807, 2.05) is 60.7 Å². The third-order valence-corrected chi connectivity index (χ3v) is 12.7. The van der Waals surface area contributed by atoms with Crippen molar-refractivity contribution in [3.8, 4) is 22.4 Å². The van der Waals surface area contributed by atoms with Crippen LogP contribution in [0.25, 0.3) is 22.4 Å². The highest BCUT2D eigenvalue weighted by molar-refractivity contribution is 5.96. The second-order valence-electron chi connectivity index (χ2n) is 16.5. The number of carbonyl (C=O) groups is 5. The summed E-state index contributed by atoms with van der Waals surface area (Å²) in [7, 11) is 3.87. The number of rotatable bonds is 12. The number of amides is 4. The molecule has 1 aromatic heterocycles. The van der Waals surface area contributed by atoms with Crippen LogP contribution in [-0.2, 0) is 23.8 Å². The van der Waals surface area contributed by atoms with Gasteiger partial charge in [0.25, 0.3) is 5.91 Å². The Bertz CT molecular complexity index is 2400. The third-order valence-electron chi connectivity index (χ3n) is 12.7. The fourth-order valence-corrected chi connectivity index (χ4v) is 9.36. The summed E-state index contributed by atoms with van der Waals surface area (Å²) in [5.74, 6) is 0.160. The number of alkyl carbamates (subject to hydrolysis) is 2. The van der Waals surface area contributed by atoms with Gasteiger partial charge < -0.3 is 44.9 Å². The number of aliphatic imine (C=N–C) groups is 1. The molecular weight excluding hydrogens is 817 g/mol. The number of nitrogens with one attached hydrogen (secondary N) is 4. The van der Waals surface area contributed by atoms with Crippen molar-refractivity contribution in [3.63, 3.8) is 0 Å². The van der Waals surface area contributed by atoms with Crippen LogP contribution in [0, 0.1) is 5.92 Å². The molecule has 0 spiro atoms. The maximum absolute atomic E-state index is 14.2. The molecule has 4 aromatic rings. The Hall–Kier alpha value is -6.97. The maximum Gasteiger partial charge on any atom is 0.407 e. The van der Waals surface area contributed by atoms with E-state index >= 15 is 0 Å². The van der Waals surface area contributed by atoms with Gasteiger partial charge in [-0.3, -0.25) is 14.6 Å². The van der Waals surface area contributed by atoms with E-state index in [0.29, 0.717) is 49.6 Å². The molecule has 64 heavy (non-hydrogen) atoms. The molecule has 3 aromatic carbocycles. The quantitative estimate of drug-likeness (QED) is 0.0702. The third kappa shape index (κ3) is 9.22. The molecule has 4 aliphatic rings. The number of carbonyl (C=O) groups excluding carboxylic acids is 5. The Labute approximate surface area is 371 Å². The Morgan fingerprint density at radius 2 is 1.36 bits per heavy atom. The minimum atomic E-state index is -0.887. The van der Waals surface area contributed by atoms with Crippen LogP contribution in [-0.4, -0.2) is 109 Å². The number of nitrogens with zero attached hydrogens (tertiary/aromatic N) is 4. The van der Waals surface area contributed by atoms with Crippen LogP contribution in [0.5, 0.6) is 0 Å². The van der Waals surface area contributed by atoms with Crippen LogP contribution >= 0.6 is 0 Å². The van der Waals surface area contributed by atoms with Crippen LogP contribution in [0.4, 0.5) is 9.59 Å². The Kier molecular flexibility index (Phi) is 13.4.